The van der Waals surface area contributed by atoms with E-state index in [2.05, 4.69) is 31.6 Å². The van der Waals surface area contributed by atoms with Crippen LogP contribution in [-0.2, 0) is 6.54 Å². The van der Waals surface area contributed by atoms with E-state index in [0.717, 1.165) is 80.4 Å². The molecule has 6 nitrogen and oxygen atoms in total. The molecule has 3 heterocycles. The summed E-state index contributed by atoms with van der Waals surface area (Å²) in [4.78, 5) is 22.2. The lowest BCUT2D eigenvalue weighted by Crippen LogP contribution is -2.47. The number of nitrogens with one attached hydrogen (secondary N) is 1. The summed E-state index contributed by atoms with van der Waals surface area (Å²) < 4.78 is 2.20. The Hall–Kier alpha value is -1.96. The lowest BCUT2D eigenvalue weighted by atomic mass is 10.2. The molecular formula is C27H35Cl4N5O. The summed E-state index contributed by atoms with van der Waals surface area (Å²) in [7, 11) is 0. The van der Waals surface area contributed by atoms with Crippen molar-refractivity contribution in [3.8, 4) is 11.4 Å². The Labute approximate surface area is 242 Å². The number of benzene rings is 1. The minimum absolute atomic E-state index is 0. The van der Waals surface area contributed by atoms with Gasteiger partial charge in [0.1, 0.15) is 0 Å². The molecule has 37 heavy (non-hydrogen) atoms. The Morgan fingerprint density at radius 2 is 1.78 bits per heavy atom. The number of rotatable bonds is 9. The van der Waals surface area contributed by atoms with Gasteiger partial charge in [0, 0.05) is 51.2 Å². The number of hydrogen-bond acceptors (Lipinski definition) is 4. The van der Waals surface area contributed by atoms with Crippen LogP contribution in [-0.4, -0.2) is 59.6 Å². The summed E-state index contributed by atoms with van der Waals surface area (Å²) in [6, 6.07) is 13.6. The Balaban J connectivity index is 0.00000241. The summed E-state index contributed by atoms with van der Waals surface area (Å²) in [5.41, 5.74) is 4.60. The van der Waals surface area contributed by atoms with Crippen molar-refractivity contribution in [1.29, 1.82) is 0 Å². The predicted octanol–water partition coefficient (Wildman–Crippen LogP) is 6.36. The van der Waals surface area contributed by atoms with Crippen molar-refractivity contribution in [1.82, 2.24) is 19.8 Å². The van der Waals surface area contributed by atoms with Crippen LogP contribution >= 0.6 is 48.0 Å². The molecular weight excluding hydrogens is 552 g/mol. The maximum atomic E-state index is 13.0. The van der Waals surface area contributed by atoms with Gasteiger partial charge >= 0.3 is 0 Å². The summed E-state index contributed by atoms with van der Waals surface area (Å²) in [6.45, 7) is 10.4. The molecule has 1 fully saturated rings. The van der Waals surface area contributed by atoms with Crippen LogP contribution in [0.1, 0.15) is 35.8 Å². The van der Waals surface area contributed by atoms with Crippen molar-refractivity contribution in [2.45, 2.75) is 33.2 Å². The molecule has 0 spiro atoms. The normalized spacial score (nSPS) is 13.6. The number of aromatic nitrogens is 2. The van der Waals surface area contributed by atoms with Crippen LogP contribution in [0.25, 0.3) is 11.4 Å². The lowest BCUT2D eigenvalue weighted by molar-refractivity contribution is 0.0950. The number of hydrogen-bond donors (Lipinski definition) is 1. The van der Waals surface area contributed by atoms with E-state index >= 15 is 0 Å². The topological polar surface area (TPSA) is 53.4 Å². The molecule has 0 unspecified atom stereocenters. The van der Waals surface area contributed by atoms with Gasteiger partial charge < -0.3 is 14.8 Å². The number of nitrogens with zero attached hydrogens (tertiary/aromatic N) is 4. The van der Waals surface area contributed by atoms with E-state index in [1.807, 2.05) is 49.4 Å². The van der Waals surface area contributed by atoms with Gasteiger partial charge in [0.05, 0.1) is 32.7 Å². The van der Waals surface area contributed by atoms with Crippen molar-refractivity contribution in [2.24, 2.45) is 0 Å². The number of piperazine rings is 1. The van der Waals surface area contributed by atoms with Crippen LogP contribution in [0.5, 0.6) is 0 Å². The molecule has 1 aliphatic heterocycles. The molecule has 1 aromatic carbocycles. The summed E-state index contributed by atoms with van der Waals surface area (Å²) in [5.74, 6) is -0.0186. The van der Waals surface area contributed by atoms with Gasteiger partial charge in [-0.15, -0.1) is 24.8 Å². The molecule has 0 atom stereocenters. The standard InChI is InChI=1S/C27H33Cl2N5O.2ClH/c1-3-13-34-20(2)21(19-25(34)23-9-4-5-11-30-23)27(35)31-12-7-14-32-15-17-33(18-16-32)24-10-6-8-22(28)26(24)29;;/h4-6,8-11,19H,3,7,12-18H2,1-2H3,(H,31,35);2*1H. The molecule has 0 radical (unpaired) electrons. The van der Waals surface area contributed by atoms with Gasteiger partial charge in [0.15, 0.2) is 0 Å². The number of amides is 1. The highest BCUT2D eigenvalue weighted by atomic mass is 35.5. The highest BCUT2D eigenvalue weighted by Gasteiger charge is 2.21. The van der Waals surface area contributed by atoms with E-state index in [1.165, 1.54) is 0 Å². The van der Waals surface area contributed by atoms with E-state index in [0.29, 0.717) is 16.6 Å². The number of carbonyl (C=O) groups is 1. The number of carbonyl (C=O) groups excluding carboxylic acids is 1. The molecule has 0 aliphatic carbocycles. The van der Waals surface area contributed by atoms with Gasteiger partial charge in [-0.25, -0.2) is 0 Å². The third kappa shape index (κ3) is 7.55. The Morgan fingerprint density at radius 1 is 1.03 bits per heavy atom. The third-order valence-corrected chi connectivity index (χ3v) is 7.38. The monoisotopic (exact) mass is 585 g/mol. The van der Waals surface area contributed by atoms with E-state index < -0.39 is 0 Å². The second-order valence-corrected chi connectivity index (χ2v) is 9.69. The van der Waals surface area contributed by atoms with Gasteiger partial charge in [-0.05, 0) is 56.6 Å². The molecule has 10 heteroatoms. The Bertz CT molecular complexity index is 1150. The molecule has 1 saturated heterocycles. The largest absolute Gasteiger partial charge is 0.368 e. The van der Waals surface area contributed by atoms with Crippen LogP contribution in [0.15, 0.2) is 48.7 Å². The molecule has 1 aliphatic rings. The van der Waals surface area contributed by atoms with Crippen LogP contribution in [0.2, 0.25) is 10.0 Å². The van der Waals surface area contributed by atoms with Crippen LogP contribution < -0.4 is 10.2 Å². The van der Waals surface area contributed by atoms with Gasteiger partial charge in [0.25, 0.3) is 5.91 Å². The fourth-order valence-corrected chi connectivity index (χ4v) is 5.08. The quantitative estimate of drug-likeness (QED) is 0.296. The van der Waals surface area contributed by atoms with Gasteiger partial charge in [0.2, 0.25) is 0 Å². The van der Waals surface area contributed by atoms with Crippen molar-refractivity contribution >= 4 is 59.6 Å². The fourth-order valence-electron chi connectivity index (χ4n) is 4.66. The first-order chi connectivity index (χ1) is 17.0. The molecule has 2 aromatic heterocycles. The van der Waals surface area contributed by atoms with Crippen LogP contribution in [0.4, 0.5) is 5.69 Å². The Morgan fingerprint density at radius 3 is 2.46 bits per heavy atom. The zero-order valence-electron chi connectivity index (χ0n) is 21.3. The first-order valence-electron chi connectivity index (χ1n) is 12.3. The third-order valence-electron chi connectivity index (χ3n) is 6.57. The van der Waals surface area contributed by atoms with Gasteiger partial charge in [-0.3, -0.25) is 14.7 Å². The molecule has 3 aromatic rings. The number of halogens is 4. The smallest absolute Gasteiger partial charge is 0.253 e. The zero-order chi connectivity index (χ0) is 24.8. The highest BCUT2D eigenvalue weighted by Crippen LogP contribution is 2.33. The fraction of sp³-hybridized carbons (Fsp3) is 0.407. The number of anilines is 1. The maximum absolute atomic E-state index is 13.0. The van der Waals surface area contributed by atoms with E-state index in [4.69, 9.17) is 23.2 Å². The van der Waals surface area contributed by atoms with Crippen molar-refractivity contribution in [2.75, 3.05) is 44.2 Å². The molecule has 1 amide bonds. The van der Waals surface area contributed by atoms with Gasteiger partial charge in [-0.2, -0.15) is 0 Å². The molecule has 202 valence electrons. The van der Waals surface area contributed by atoms with Crippen molar-refractivity contribution in [3.63, 3.8) is 0 Å². The second-order valence-electron chi connectivity index (χ2n) is 8.91. The van der Waals surface area contributed by atoms with Crippen molar-refractivity contribution < 1.29 is 4.79 Å². The highest BCUT2D eigenvalue weighted by molar-refractivity contribution is 6.43. The molecule has 4 rings (SSSR count). The molecule has 0 bridgehead atoms. The summed E-state index contributed by atoms with van der Waals surface area (Å²) >= 11 is 12.6. The average molecular weight is 587 g/mol. The maximum Gasteiger partial charge on any atom is 0.253 e. The SMILES string of the molecule is CCCn1c(-c2ccccn2)cc(C(=O)NCCCN2CCN(c3cccc(Cl)c3Cl)CC2)c1C.Cl.Cl. The first kappa shape index (κ1) is 31.3. The van der Waals surface area contributed by atoms with Gasteiger partial charge in [-0.1, -0.05) is 42.3 Å². The minimum Gasteiger partial charge on any atom is -0.368 e. The first-order valence-corrected chi connectivity index (χ1v) is 13.1. The van der Waals surface area contributed by atoms with Crippen molar-refractivity contribution in [3.05, 3.63) is 70.0 Å². The van der Waals surface area contributed by atoms with E-state index in [9.17, 15) is 4.79 Å². The predicted molar refractivity (Wildman–Crippen MR) is 159 cm³/mol. The van der Waals surface area contributed by atoms with E-state index in [-0.39, 0.29) is 30.7 Å². The zero-order valence-corrected chi connectivity index (χ0v) is 24.4. The molecule has 0 saturated carbocycles. The lowest BCUT2D eigenvalue weighted by Gasteiger charge is -2.36. The van der Waals surface area contributed by atoms with E-state index in [1.54, 1.807) is 6.20 Å². The number of pyridine rings is 1. The minimum atomic E-state index is -0.0186. The second kappa shape index (κ2) is 14.8. The van der Waals surface area contributed by atoms with Crippen LogP contribution in [0.3, 0.4) is 0 Å². The molecule has 1 N–H and O–H groups in total. The Kier molecular flexibility index (Phi) is 12.5. The van der Waals surface area contributed by atoms with Crippen LogP contribution in [0, 0.1) is 6.92 Å². The summed E-state index contributed by atoms with van der Waals surface area (Å²) in [6.07, 6.45) is 3.69. The summed E-state index contributed by atoms with van der Waals surface area (Å²) in [5, 5.41) is 4.34. The average Bonchev–Trinajstić information content (AvgIpc) is 3.21.